The first-order valence-corrected chi connectivity index (χ1v) is 8.01. The van der Waals surface area contributed by atoms with E-state index >= 15 is 0 Å². The second-order valence-electron chi connectivity index (χ2n) is 6.10. The normalized spacial score (nSPS) is 14.3. The van der Waals surface area contributed by atoms with E-state index in [2.05, 4.69) is 5.32 Å². The number of esters is 1. The van der Waals surface area contributed by atoms with Crippen LogP contribution in [-0.4, -0.2) is 41.1 Å². The largest absolute Gasteiger partial charge is 0.461 e. The van der Waals surface area contributed by atoms with Gasteiger partial charge < -0.3 is 20.6 Å². The molecule has 0 radical (unpaired) electrons. The van der Waals surface area contributed by atoms with E-state index in [1.807, 2.05) is 0 Å². The van der Waals surface area contributed by atoms with E-state index in [0.717, 1.165) is 0 Å². The van der Waals surface area contributed by atoms with E-state index in [0.29, 0.717) is 11.8 Å². The number of carbonyl (C=O) groups is 3. The smallest absolute Gasteiger partial charge is 0.328 e. The average Bonchev–Trinajstić information content (AvgIpc) is 2.57. The Morgan fingerprint density at radius 1 is 1.28 bits per heavy atom. The van der Waals surface area contributed by atoms with Gasteiger partial charge in [0, 0.05) is 6.42 Å². The highest BCUT2D eigenvalue weighted by molar-refractivity contribution is 6.26. The Morgan fingerprint density at radius 2 is 1.88 bits per heavy atom. The molecule has 0 saturated carbocycles. The quantitative estimate of drug-likeness (QED) is 0.460. The summed E-state index contributed by atoms with van der Waals surface area (Å²) in [6.45, 7) is 4.66. The van der Waals surface area contributed by atoms with E-state index in [-0.39, 0.29) is 18.9 Å². The molecule has 25 heavy (non-hydrogen) atoms. The van der Waals surface area contributed by atoms with Gasteiger partial charge in [0.2, 0.25) is 0 Å². The van der Waals surface area contributed by atoms with Gasteiger partial charge in [-0.25, -0.2) is 4.79 Å². The molecular weight excluding hydrogens is 324 g/mol. The van der Waals surface area contributed by atoms with Crippen LogP contribution < -0.4 is 5.32 Å². The number of amides is 1. The van der Waals surface area contributed by atoms with Crippen LogP contribution in [0.2, 0.25) is 0 Å². The van der Waals surface area contributed by atoms with Crippen molar-refractivity contribution in [2.45, 2.75) is 51.4 Å². The highest BCUT2D eigenvalue weighted by Crippen LogP contribution is 2.21. The molecule has 1 rings (SSSR count). The number of rotatable bonds is 9. The van der Waals surface area contributed by atoms with E-state index in [9.17, 15) is 19.5 Å². The minimum Gasteiger partial charge on any atom is -0.461 e. The predicted octanol–water partition coefficient (Wildman–Crippen LogP) is 1.33. The van der Waals surface area contributed by atoms with Crippen molar-refractivity contribution in [3.8, 4) is 0 Å². The molecule has 1 aromatic carbocycles. The van der Waals surface area contributed by atoms with Gasteiger partial charge in [-0.15, -0.1) is 0 Å². The maximum absolute atomic E-state index is 12.5. The van der Waals surface area contributed by atoms with Gasteiger partial charge in [0.05, 0.1) is 12.3 Å². The lowest BCUT2D eigenvalue weighted by Gasteiger charge is -2.26. The molecule has 0 aliphatic rings. The van der Waals surface area contributed by atoms with E-state index in [4.69, 9.17) is 10.1 Å². The van der Waals surface area contributed by atoms with E-state index in [1.54, 1.807) is 44.2 Å². The van der Waals surface area contributed by atoms with Gasteiger partial charge >= 0.3 is 5.97 Å². The molecule has 0 bridgehead atoms. The van der Waals surface area contributed by atoms with Gasteiger partial charge in [0.15, 0.2) is 11.4 Å². The van der Waals surface area contributed by atoms with Crippen molar-refractivity contribution in [3.05, 3.63) is 35.9 Å². The summed E-state index contributed by atoms with van der Waals surface area (Å²) < 4.78 is 5.09. The zero-order chi connectivity index (χ0) is 19.0. The van der Waals surface area contributed by atoms with Crippen LogP contribution in [-0.2, 0) is 24.7 Å². The Kier molecular flexibility index (Phi) is 7.44. The number of nitrogens with one attached hydrogen (secondary N) is 2. The molecule has 2 atom stereocenters. The van der Waals surface area contributed by atoms with Crippen LogP contribution in [0.5, 0.6) is 0 Å². The zero-order valence-electron chi connectivity index (χ0n) is 14.6. The fourth-order valence-electron chi connectivity index (χ4n) is 2.11. The minimum atomic E-state index is -1.84. The first-order chi connectivity index (χ1) is 11.7. The second kappa shape index (κ2) is 9.08. The molecule has 0 aliphatic heterocycles. The monoisotopic (exact) mass is 348 g/mol. The standard InChI is InChI=1S/C18H24N2O5/c1-12(2)25-16(22)15(10-9-14(21)11-19)20-17(23)18(3,24)13-7-5-4-6-8-13/h4-8,11-12,15,19,24H,9-10H2,1-3H3,(H,20,23)/t15-,18?/m0/s1. The maximum atomic E-state index is 12.5. The Balaban J connectivity index is 2.90. The predicted molar refractivity (Wildman–Crippen MR) is 92.2 cm³/mol. The Hall–Kier alpha value is -2.54. The lowest BCUT2D eigenvalue weighted by atomic mass is 9.94. The number of carbonyl (C=O) groups excluding carboxylic acids is 3. The topological polar surface area (TPSA) is 117 Å². The third-order valence-corrected chi connectivity index (χ3v) is 3.56. The summed E-state index contributed by atoms with van der Waals surface area (Å²) in [5.74, 6) is -1.93. The van der Waals surface area contributed by atoms with Crippen LogP contribution in [0.3, 0.4) is 0 Å². The van der Waals surface area contributed by atoms with Gasteiger partial charge in [0.1, 0.15) is 6.04 Å². The number of aliphatic hydroxyl groups is 1. The van der Waals surface area contributed by atoms with Crippen LogP contribution in [0.1, 0.15) is 39.2 Å². The molecule has 7 heteroatoms. The summed E-state index contributed by atoms with van der Waals surface area (Å²) in [4.78, 5) is 36.0. The Labute approximate surface area is 146 Å². The molecule has 1 unspecified atom stereocenters. The Morgan fingerprint density at radius 3 is 2.40 bits per heavy atom. The number of hydrogen-bond donors (Lipinski definition) is 3. The molecule has 0 heterocycles. The maximum Gasteiger partial charge on any atom is 0.328 e. The van der Waals surface area contributed by atoms with Crippen LogP contribution in [0, 0.1) is 5.41 Å². The molecule has 3 N–H and O–H groups in total. The van der Waals surface area contributed by atoms with Gasteiger partial charge in [-0.05, 0) is 32.8 Å². The summed E-state index contributed by atoms with van der Waals surface area (Å²) in [6.07, 6.45) is 0.165. The van der Waals surface area contributed by atoms with Crippen molar-refractivity contribution >= 4 is 23.9 Å². The average molecular weight is 348 g/mol. The number of hydrogen-bond acceptors (Lipinski definition) is 6. The Bertz CT molecular complexity index is 626. The van der Waals surface area contributed by atoms with Gasteiger partial charge in [-0.3, -0.25) is 9.59 Å². The summed E-state index contributed by atoms with van der Waals surface area (Å²) in [5.41, 5.74) is -1.47. The molecule has 7 nitrogen and oxygen atoms in total. The molecule has 1 aromatic rings. The van der Waals surface area contributed by atoms with Gasteiger partial charge in [0.25, 0.3) is 5.91 Å². The highest BCUT2D eigenvalue weighted by Gasteiger charge is 2.35. The van der Waals surface area contributed by atoms with Crippen molar-refractivity contribution < 1.29 is 24.2 Å². The summed E-state index contributed by atoms with van der Waals surface area (Å²) in [5, 5.41) is 19.9. The van der Waals surface area contributed by atoms with Crippen molar-refractivity contribution in [1.29, 1.82) is 5.41 Å². The number of Topliss-reactive ketones (excluding diaryl/α,β-unsaturated/α-hetero) is 1. The number of ether oxygens (including phenoxy) is 1. The van der Waals surface area contributed by atoms with Crippen molar-refractivity contribution in [3.63, 3.8) is 0 Å². The first kappa shape index (κ1) is 20.5. The zero-order valence-corrected chi connectivity index (χ0v) is 14.6. The van der Waals surface area contributed by atoms with Crippen molar-refractivity contribution in [1.82, 2.24) is 5.32 Å². The molecule has 0 spiro atoms. The molecule has 0 aromatic heterocycles. The lowest BCUT2D eigenvalue weighted by Crippen LogP contribution is -2.50. The number of ketones is 1. The fraction of sp³-hybridized carbons (Fsp3) is 0.444. The molecule has 0 aliphatic carbocycles. The second-order valence-corrected chi connectivity index (χ2v) is 6.10. The number of benzene rings is 1. The van der Waals surface area contributed by atoms with E-state index in [1.165, 1.54) is 6.92 Å². The summed E-state index contributed by atoms with van der Waals surface area (Å²) in [7, 11) is 0. The van der Waals surface area contributed by atoms with Crippen molar-refractivity contribution in [2.75, 3.05) is 0 Å². The summed E-state index contributed by atoms with van der Waals surface area (Å²) >= 11 is 0. The highest BCUT2D eigenvalue weighted by atomic mass is 16.5. The van der Waals surface area contributed by atoms with Gasteiger partial charge in [-0.2, -0.15) is 0 Å². The van der Waals surface area contributed by atoms with Crippen LogP contribution in [0.15, 0.2) is 30.3 Å². The molecular formula is C18H24N2O5. The van der Waals surface area contributed by atoms with Crippen LogP contribution in [0.25, 0.3) is 0 Å². The minimum absolute atomic E-state index is 0.0175. The summed E-state index contributed by atoms with van der Waals surface area (Å²) in [6, 6.07) is 7.23. The van der Waals surface area contributed by atoms with Crippen molar-refractivity contribution in [2.24, 2.45) is 0 Å². The van der Waals surface area contributed by atoms with Crippen LogP contribution in [0.4, 0.5) is 0 Å². The molecule has 0 fully saturated rings. The molecule has 0 saturated heterocycles. The van der Waals surface area contributed by atoms with Gasteiger partial charge in [-0.1, -0.05) is 30.3 Å². The SMILES string of the molecule is CC(C)OC(=O)[C@H](CCC(=O)C=N)NC(=O)C(C)(O)c1ccccc1. The first-order valence-electron chi connectivity index (χ1n) is 8.01. The fourth-order valence-corrected chi connectivity index (χ4v) is 2.11. The third kappa shape index (κ3) is 6.11. The van der Waals surface area contributed by atoms with Crippen LogP contribution >= 0.6 is 0 Å². The van der Waals surface area contributed by atoms with E-state index < -0.39 is 29.3 Å². The third-order valence-electron chi connectivity index (χ3n) is 3.56. The molecule has 1 amide bonds. The lowest BCUT2D eigenvalue weighted by molar-refractivity contribution is -0.154. The molecule has 136 valence electrons.